The molecular weight excluding hydrogens is 493 g/mol. The standard InChI is InChI=1S/C25H25F3N4O5/c1-11-6-16(26)14(17(27)7-11)8-29-23(35)15-9-32-18-10-31(24(36)19(32)21(34)20(15)33)12(2)4-5-25(18)22(28)13(3)30-37-25/h6-7,9,12,18,22,34H,4-5,8,10H2,1-3H3,(H,29,35)/t12-,18+,22-,25+/m0/s1. The number of pyridine rings is 1. The van der Waals surface area contributed by atoms with Crippen LogP contribution in [0.3, 0.4) is 0 Å². The van der Waals surface area contributed by atoms with Gasteiger partial charge in [-0.1, -0.05) is 5.16 Å². The quantitative estimate of drug-likeness (QED) is 0.649. The fourth-order valence-electron chi connectivity index (χ4n) is 5.43. The van der Waals surface area contributed by atoms with Crippen LogP contribution in [0, 0.1) is 18.6 Å². The molecule has 1 fully saturated rings. The maximum Gasteiger partial charge on any atom is 0.274 e. The Labute approximate surface area is 209 Å². The minimum atomic E-state index is -1.63. The number of fused-ring (bicyclic) bond motifs is 5. The number of carbonyl (C=O) groups excluding carboxylic acids is 2. The smallest absolute Gasteiger partial charge is 0.274 e. The summed E-state index contributed by atoms with van der Waals surface area (Å²) in [5, 5.41) is 16.9. The van der Waals surface area contributed by atoms with Crippen LogP contribution in [0.1, 0.15) is 64.7 Å². The summed E-state index contributed by atoms with van der Waals surface area (Å²) >= 11 is 0. The third kappa shape index (κ3) is 3.68. The lowest BCUT2D eigenvalue weighted by molar-refractivity contribution is -0.0956. The van der Waals surface area contributed by atoms with Crippen LogP contribution < -0.4 is 10.7 Å². The summed E-state index contributed by atoms with van der Waals surface area (Å²) in [6.45, 7) is 4.20. The molecule has 196 valence electrons. The van der Waals surface area contributed by atoms with E-state index in [0.717, 1.165) is 18.3 Å². The zero-order valence-electron chi connectivity index (χ0n) is 20.3. The zero-order valence-corrected chi connectivity index (χ0v) is 20.3. The largest absolute Gasteiger partial charge is 0.503 e. The van der Waals surface area contributed by atoms with Crippen LogP contribution in [0.15, 0.2) is 28.3 Å². The third-order valence-corrected chi connectivity index (χ3v) is 7.54. The number of halogens is 3. The van der Waals surface area contributed by atoms with Gasteiger partial charge in [-0.3, -0.25) is 14.4 Å². The molecule has 3 aliphatic rings. The minimum absolute atomic E-state index is 0.000617. The first kappa shape index (κ1) is 24.8. The Hall–Kier alpha value is -3.83. The topological polar surface area (TPSA) is 113 Å². The van der Waals surface area contributed by atoms with Gasteiger partial charge >= 0.3 is 0 Å². The summed E-state index contributed by atoms with van der Waals surface area (Å²) in [6.07, 6.45) is 0.00364. The Bertz CT molecular complexity index is 1400. The summed E-state index contributed by atoms with van der Waals surface area (Å²) in [5.41, 5.74) is -3.56. The van der Waals surface area contributed by atoms with Gasteiger partial charge in [0.2, 0.25) is 5.43 Å². The van der Waals surface area contributed by atoms with Crippen LogP contribution in [0.2, 0.25) is 0 Å². The number of amides is 2. The second-order valence-electron chi connectivity index (χ2n) is 9.87. The summed E-state index contributed by atoms with van der Waals surface area (Å²) in [5.74, 6) is -4.39. The number of benzene rings is 1. The van der Waals surface area contributed by atoms with Crippen molar-refractivity contribution >= 4 is 17.5 Å². The van der Waals surface area contributed by atoms with Crippen molar-refractivity contribution < 1.29 is 32.7 Å². The first-order chi connectivity index (χ1) is 17.5. The highest BCUT2D eigenvalue weighted by Gasteiger charge is 2.59. The van der Waals surface area contributed by atoms with E-state index in [9.17, 15) is 28.3 Å². The third-order valence-electron chi connectivity index (χ3n) is 7.54. The molecule has 12 heteroatoms. The van der Waals surface area contributed by atoms with Crippen LogP contribution >= 0.6 is 0 Å². The Kier molecular flexibility index (Phi) is 5.80. The van der Waals surface area contributed by atoms with Crippen molar-refractivity contribution in [1.82, 2.24) is 14.8 Å². The normalized spacial score (nSPS) is 26.4. The maximum atomic E-state index is 15.5. The Morgan fingerprint density at radius 1 is 1.27 bits per heavy atom. The molecule has 4 atom stereocenters. The van der Waals surface area contributed by atoms with E-state index in [4.69, 9.17) is 4.84 Å². The van der Waals surface area contributed by atoms with Gasteiger partial charge in [-0.2, -0.15) is 0 Å². The molecule has 2 amide bonds. The highest BCUT2D eigenvalue weighted by Crippen LogP contribution is 2.47. The molecule has 1 saturated heterocycles. The van der Waals surface area contributed by atoms with E-state index < -0.39 is 70.1 Å². The second kappa shape index (κ2) is 8.63. The van der Waals surface area contributed by atoms with Gasteiger partial charge in [-0.05, 0) is 51.3 Å². The molecule has 5 rings (SSSR count). The molecule has 0 aliphatic carbocycles. The first-order valence-corrected chi connectivity index (χ1v) is 11.8. The SMILES string of the molecule is CC1=NO[C@@]2(CC[C@H](C)N3C[C@H]2n2cc(C(=O)NCc4c(F)cc(C)cc4F)c(=O)c(O)c2C3=O)[C@H]1F. The van der Waals surface area contributed by atoms with Gasteiger partial charge < -0.3 is 24.7 Å². The number of aryl methyl sites for hydroxylation is 1. The van der Waals surface area contributed by atoms with Crippen LogP contribution in [0.25, 0.3) is 0 Å². The number of nitrogens with zero attached hydrogens (tertiary/aromatic N) is 3. The predicted octanol–water partition coefficient (Wildman–Crippen LogP) is 2.73. The Morgan fingerprint density at radius 3 is 2.57 bits per heavy atom. The molecule has 1 spiro atoms. The fraction of sp³-hybridized carbons (Fsp3) is 0.440. The van der Waals surface area contributed by atoms with Crippen LogP contribution in [0.5, 0.6) is 5.75 Å². The van der Waals surface area contributed by atoms with E-state index in [1.165, 1.54) is 23.3 Å². The average molecular weight is 518 g/mol. The highest BCUT2D eigenvalue weighted by molar-refractivity contribution is 5.99. The van der Waals surface area contributed by atoms with E-state index in [-0.39, 0.29) is 30.4 Å². The zero-order chi connectivity index (χ0) is 26.8. The van der Waals surface area contributed by atoms with Gasteiger partial charge in [0.05, 0.1) is 11.8 Å². The molecule has 1 aromatic carbocycles. The van der Waals surface area contributed by atoms with Crippen molar-refractivity contribution in [3.05, 3.63) is 62.6 Å². The first-order valence-electron chi connectivity index (χ1n) is 11.8. The van der Waals surface area contributed by atoms with Crippen molar-refractivity contribution in [3.63, 3.8) is 0 Å². The summed E-state index contributed by atoms with van der Waals surface area (Å²) in [4.78, 5) is 46.3. The van der Waals surface area contributed by atoms with Crippen LogP contribution in [-0.4, -0.2) is 56.5 Å². The van der Waals surface area contributed by atoms with E-state index in [2.05, 4.69) is 10.5 Å². The van der Waals surface area contributed by atoms with Gasteiger partial charge in [0.25, 0.3) is 11.8 Å². The highest BCUT2D eigenvalue weighted by atomic mass is 19.1. The monoisotopic (exact) mass is 518 g/mol. The lowest BCUT2D eigenvalue weighted by atomic mass is 9.82. The molecule has 0 radical (unpaired) electrons. The van der Waals surface area contributed by atoms with Crippen LogP contribution in [0.4, 0.5) is 13.2 Å². The molecule has 0 unspecified atom stereocenters. The number of hydrogen-bond donors (Lipinski definition) is 2. The number of aromatic hydroxyl groups is 1. The molecule has 4 heterocycles. The van der Waals surface area contributed by atoms with Gasteiger partial charge in [-0.15, -0.1) is 0 Å². The van der Waals surface area contributed by atoms with Gasteiger partial charge in [0, 0.05) is 30.9 Å². The summed E-state index contributed by atoms with van der Waals surface area (Å²) in [6, 6.07) is 0.947. The lowest BCUT2D eigenvalue weighted by Gasteiger charge is -2.42. The van der Waals surface area contributed by atoms with Crippen LogP contribution in [-0.2, 0) is 11.4 Å². The number of rotatable bonds is 3. The molecule has 1 aromatic heterocycles. The number of nitrogens with one attached hydrogen (secondary N) is 1. The second-order valence-corrected chi connectivity index (χ2v) is 9.87. The van der Waals surface area contributed by atoms with E-state index in [1.54, 1.807) is 6.92 Å². The number of aromatic nitrogens is 1. The number of oxime groups is 1. The molecule has 2 bridgehead atoms. The number of hydrogen-bond acceptors (Lipinski definition) is 6. The summed E-state index contributed by atoms with van der Waals surface area (Å²) < 4.78 is 45.2. The van der Waals surface area contributed by atoms with Gasteiger partial charge in [0.1, 0.15) is 17.2 Å². The number of carbonyl (C=O) groups is 2. The molecule has 37 heavy (non-hydrogen) atoms. The molecule has 0 saturated carbocycles. The average Bonchev–Trinajstić information content (AvgIpc) is 3.05. The van der Waals surface area contributed by atoms with E-state index in [1.807, 2.05) is 0 Å². The lowest BCUT2D eigenvalue weighted by Crippen LogP contribution is -2.55. The van der Waals surface area contributed by atoms with Crippen molar-refractivity contribution in [1.29, 1.82) is 0 Å². The molecular formula is C25H25F3N4O5. The van der Waals surface area contributed by atoms with Gasteiger partial charge in [-0.25, -0.2) is 13.2 Å². The fourth-order valence-corrected chi connectivity index (χ4v) is 5.43. The number of alkyl halides is 1. The van der Waals surface area contributed by atoms with E-state index in [0.29, 0.717) is 12.0 Å². The summed E-state index contributed by atoms with van der Waals surface area (Å²) in [7, 11) is 0. The van der Waals surface area contributed by atoms with Crippen molar-refractivity contribution in [2.75, 3.05) is 6.54 Å². The van der Waals surface area contributed by atoms with Crippen molar-refractivity contribution in [3.8, 4) is 5.75 Å². The Balaban J connectivity index is 1.57. The predicted molar refractivity (Wildman–Crippen MR) is 125 cm³/mol. The molecule has 2 N–H and O–H groups in total. The molecule has 2 aromatic rings. The maximum absolute atomic E-state index is 15.5. The van der Waals surface area contributed by atoms with Gasteiger partial charge in [0.15, 0.2) is 23.2 Å². The van der Waals surface area contributed by atoms with Crippen molar-refractivity contribution in [2.45, 2.75) is 64.0 Å². The van der Waals surface area contributed by atoms with Crippen molar-refractivity contribution in [2.24, 2.45) is 5.16 Å². The van der Waals surface area contributed by atoms with E-state index >= 15 is 4.39 Å². The molecule has 3 aliphatic heterocycles. The minimum Gasteiger partial charge on any atom is -0.503 e. The Morgan fingerprint density at radius 2 is 1.95 bits per heavy atom. The molecule has 9 nitrogen and oxygen atoms in total.